The van der Waals surface area contributed by atoms with E-state index >= 15 is 0 Å². The molecular weight excluding hydrogens is 284 g/mol. The molecule has 118 valence electrons. The molecule has 0 aromatic carbocycles. The molecule has 0 fully saturated rings. The Hall–Kier alpha value is -2.24. The molecule has 0 amide bonds. The van der Waals surface area contributed by atoms with Crippen molar-refractivity contribution >= 4 is 23.4 Å². The number of ether oxygens (including phenoxy) is 2. The number of nitrogens with zero attached hydrogens (tertiary/aromatic N) is 2. The largest absolute Gasteiger partial charge is 0.466 e. The van der Waals surface area contributed by atoms with Crippen LogP contribution in [0.1, 0.15) is 39.5 Å². The van der Waals surface area contributed by atoms with Gasteiger partial charge in [-0.2, -0.15) is 10.2 Å². The van der Waals surface area contributed by atoms with Crippen LogP contribution in [0.2, 0.25) is 0 Å². The molecule has 6 nitrogen and oxygen atoms in total. The minimum Gasteiger partial charge on any atom is -0.466 e. The lowest BCUT2D eigenvalue weighted by Crippen LogP contribution is -2.04. The number of methoxy groups -OCH3 is 2. The normalized spacial score (nSPS) is 22.0. The molecule has 0 N–H and O–H groups in total. The quantitative estimate of drug-likeness (QED) is 0.592. The van der Waals surface area contributed by atoms with Gasteiger partial charge in [-0.1, -0.05) is 0 Å². The van der Waals surface area contributed by atoms with E-state index in [-0.39, 0.29) is 11.9 Å². The van der Waals surface area contributed by atoms with Crippen LogP contribution >= 0.6 is 0 Å². The molecule has 6 heteroatoms. The monoisotopic (exact) mass is 304 g/mol. The first-order chi connectivity index (χ1) is 10.5. The standard InChI is InChI=1S/C16H20N2O4/c1-9-11(15(19)21-3)5-7-13(9)17-18-14-8-6-12(10(14)2)16(20)22-4/h5-8H2,1-4H3. The van der Waals surface area contributed by atoms with E-state index in [0.29, 0.717) is 36.8 Å². The summed E-state index contributed by atoms with van der Waals surface area (Å²) in [5, 5.41) is 8.55. The molecule has 0 aliphatic heterocycles. The number of hydrogen-bond acceptors (Lipinski definition) is 6. The molecule has 0 heterocycles. The van der Waals surface area contributed by atoms with Crippen molar-refractivity contribution in [1.82, 2.24) is 0 Å². The Balaban J connectivity index is 2.22. The molecule has 0 saturated carbocycles. The lowest BCUT2D eigenvalue weighted by molar-refractivity contribution is -0.137. The van der Waals surface area contributed by atoms with E-state index in [0.717, 1.165) is 22.6 Å². The lowest BCUT2D eigenvalue weighted by Gasteiger charge is -2.00. The lowest BCUT2D eigenvalue weighted by atomic mass is 10.2. The van der Waals surface area contributed by atoms with Gasteiger partial charge < -0.3 is 9.47 Å². The fourth-order valence-corrected chi connectivity index (χ4v) is 2.71. The van der Waals surface area contributed by atoms with Gasteiger partial charge in [-0.15, -0.1) is 0 Å². The number of esters is 2. The van der Waals surface area contributed by atoms with Crippen molar-refractivity contribution in [3.8, 4) is 0 Å². The molecule has 0 spiro atoms. The minimum atomic E-state index is -0.305. The minimum absolute atomic E-state index is 0.305. The Morgan fingerprint density at radius 1 is 0.773 bits per heavy atom. The molecule has 0 bridgehead atoms. The van der Waals surface area contributed by atoms with Crippen LogP contribution in [0.3, 0.4) is 0 Å². The van der Waals surface area contributed by atoms with Crippen LogP contribution in [0, 0.1) is 0 Å². The van der Waals surface area contributed by atoms with Gasteiger partial charge in [0, 0.05) is 11.1 Å². The summed E-state index contributed by atoms with van der Waals surface area (Å²) < 4.78 is 9.51. The van der Waals surface area contributed by atoms with Crippen molar-refractivity contribution in [3.05, 3.63) is 22.3 Å². The third-order valence-corrected chi connectivity index (χ3v) is 4.15. The first-order valence-electron chi connectivity index (χ1n) is 7.19. The van der Waals surface area contributed by atoms with E-state index in [2.05, 4.69) is 10.2 Å². The Labute approximate surface area is 129 Å². The van der Waals surface area contributed by atoms with Crippen LogP contribution < -0.4 is 0 Å². The van der Waals surface area contributed by atoms with Crippen LogP contribution in [-0.4, -0.2) is 37.6 Å². The van der Waals surface area contributed by atoms with E-state index in [1.807, 2.05) is 13.8 Å². The molecule has 0 unspecified atom stereocenters. The number of allylic oxidation sites excluding steroid dienone is 2. The van der Waals surface area contributed by atoms with E-state index in [1.54, 1.807) is 0 Å². The second kappa shape index (κ2) is 6.68. The highest BCUT2D eigenvalue weighted by molar-refractivity contribution is 6.12. The van der Waals surface area contributed by atoms with Gasteiger partial charge in [0.15, 0.2) is 0 Å². The fraction of sp³-hybridized carbons (Fsp3) is 0.500. The molecule has 0 atom stereocenters. The van der Waals surface area contributed by atoms with Gasteiger partial charge in [-0.3, -0.25) is 0 Å². The van der Waals surface area contributed by atoms with Crippen molar-refractivity contribution in [2.75, 3.05) is 14.2 Å². The summed E-state index contributed by atoms with van der Waals surface area (Å²) in [7, 11) is 2.75. The molecule has 2 rings (SSSR count). The van der Waals surface area contributed by atoms with Crippen molar-refractivity contribution in [2.24, 2.45) is 10.2 Å². The highest BCUT2D eigenvalue weighted by atomic mass is 16.5. The predicted molar refractivity (Wildman–Crippen MR) is 82.8 cm³/mol. The molecule has 0 saturated heterocycles. The Morgan fingerprint density at radius 3 is 1.45 bits per heavy atom. The summed E-state index contributed by atoms with van der Waals surface area (Å²) in [6.07, 6.45) is 2.62. The topological polar surface area (TPSA) is 77.3 Å². The SMILES string of the molecule is COC(=O)C1=C(C)C(=NN=C2CCC(C(=O)OC)=C2C)CC1. The van der Waals surface area contributed by atoms with Gasteiger partial charge in [-0.05, 0) is 50.7 Å². The molecule has 0 radical (unpaired) electrons. The van der Waals surface area contributed by atoms with Crippen LogP contribution in [0.4, 0.5) is 0 Å². The highest BCUT2D eigenvalue weighted by Gasteiger charge is 2.25. The zero-order chi connectivity index (χ0) is 16.3. The van der Waals surface area contributed by atoms with Crippen molar-refractivity contribution < 1.29 is 19.1 Å². The first-order valence-corrected chi connectivity index (χ1v) is 7.19. The van der Waals surface area contributed by atoms with Gasteiger partial charge in [0.1, 0.15) is 0 Å². The van der Waals surface area contributed by atoms with Crippen molar-refractivity contribution in [2.45, 2.75) is 39.5 Å². The second-order valence-corrected chi connectivity index (χ2v) is 5.28. The Bertz CT molecular complexity index is 583. The maximum absolute atomic E-state index is 11.6. The Kier molecular flexibility index (Phi) is 4.90. The fourth-order valence-electron chi connectivity index (χ4n) is 2.71. The Morgan fingerprint density at radius 2 is 1.14 bits per heavy atom. The van der Waals surface area contributed by atoms with Crippen molar-refractivity contribution in [3.63, 3.8) is 0 Å². The molecule has 22 heavy (non-hydrogen) atoms. The van der Waals surface area contributed by atoms with E-state index in [4.69, 9.17) is 9.47 Å². The number of rotatable bonds is 3. The average molecular weight is 304 g/mol. The third-order valence-electron chi connectivity index (χ3n) is 4.15. The van der Waals surface area contributed by atoms with Gasteiger partial charge >= 0.3 is 11.9 Å². The zero-order valence-corrected chi connectivity index (χ0v) is 13.4. The van der Waals surface area contributed by atoms with E-state index < -0.39 is 0 Å². The van der Waals surface area contributed by atoms with Gasteiger partial charge in [0.2, 0.25) is 0 Å². The average Bonchev–Trinajstić information content (AvgIpc) is 3.07. The maximum Gasteiger partial charge on any atom is 0.334 e. The number of hydrogen-bond donors (Lipinski definition) is 0. The molecule has 0 aromatic rings. The first kappa shape index (κ1) is 16.1. The molecule has 2 aliphatic carbocycles. The van der Waals surface area contributed by atoms with Crippen LogP contribution in [-0.2, 0) is 19.1 Å². The summed E-state index contributed by atoms with van der Waals surface area (Å²) in [5.74, 6) is -0.611. The van der Waals surface area contributed by atoms with Gasteiger partial charge in [0.05, 0.1) is 25.6 Å². The molecule has 0 aromatic heterocycles. The summed E-state index contributed by atoms with van der Waals surface area (Å²) in [6.45, 7) is 3.71. The highest BCUT2D eigenvalue weighted by Crippen LogP contribution is 2.27. The summed E-state index contributed by atoms with van der Waals surface area (Å²) in [4.78, 5) is 23.2. The van der Waals surface area contributed by atoms with Gasteiger partial charge in [-0.25, -0.2) is 9.59 Å². The van der Waals surface area contributed by atoms with Crippen LogP contribution in [0.15, 0.2) is 32.5 Å². The summed E-state index contributed by atoms with van der Waals surface area (Å²) in [6, 6.07) is 0. The molecule has 2 aliphatic rings. The van der Waals surface area contributed by atoms with E-state index in [1.165, 1.54) is 14.2 Å². The van der Waals surface area contributed by atoms with E-state index in [9.17, 15) is 9.59 Å². The summed E-state index contributed by atoms with van der Waals surface area (Å²) >= 11 is 0. The number of carbonyl (C=O) groups is 2. The maximum atomic E-state index is 11.6. The zero-order valence-electron chi connectivity index (χ0n) is 13.4. The smallest absolute Gasteiger partial charge is 0.334 e. The van der Waals surface area contributed by atoms with Crippen molar-refractivity contribution in [1.29, 1.82) is 0 Å². The second-order valence-electron chi connectivity index (χ2n) is 5.28. The molecular formula is C16H20N2O4. The predicted octanol–water partition coefficient (Wildman–Crippen LogP) is 2.35. The number of carbonyl (C=O) groups excluding carboxylic acids is 2. The van der Waals surface area contributed by atoms with Crippen LogP contribution in [0.25, 0.3) is 0 Å². The van der Waals surface area contributed by atoms with Gasteiger partial charge in [0.25, 0.3) is 0 Å². The summed E-state index contributed by atoms with van der Waals surface area (Å²) in [5.41, 5.74) is 4.60. The van der Waals surface area contributed by atoms with Crippen LogP contribution in [0.5, 0.6) is 0 Å². The third kappa shape index (κ3) is 3.00.